The van der Waals surface area contributed by atoms with Crippen LogP contribution in [0.2, 0.25) is 0 Å². The van der Waals surface area contributed by atoms with E-state index >= 15 is 0 Å². The molecule has 1 aromatic rings. The van der Waals surface area contributed by atoms with Crippen LogP contribution in [0.1, 0.15) is 25.7 Å². The van der Waals surface area contributed by atoms with Gasteiger partial charge in [-0.2, -0.15) is 12.1 Å². The standard InChI is InChI=1S/C13H14FO.K/c14-12-3-1-2-4-13(12)15-11-7-9-5-10(6-9)8-11;/h2-4,9-11H,5-8H2;/q-1;+1. The van der Waals surface area contributed by atoms with Gasteiger partial charge in [0.15, 0.2) is 0 Å². The molecule has 0 aliphatic heterocycles. The summed E-state index contributed by atoms with van der Waals surface area (Å²) in [6, 6.07) is 7.39. The second-order valence-corrected chi connectivity index (χ2v) is 4.77. The first-order valence-electron chi connectivity index (χ1n) is 5.63. The van der Waals surface area contributed by atoms with E-state index < -0.39 is 0 Å². The molecule has 0 radical (unpaired) electrons. The maximum atomic E-state index is 13.3. The van der Waals surface area contributed by atoms with Gasteiger partial charge in [0.1, 0.15) is 0 Å². The molecule has 0 saturated heterocycles. The van der Waals surface area contributed by atoms with Crippen molar-refractivity contribution in [2.75, 3.05) is 0 Å². The number of ether oxygens (including phenoxy) is 1. The second kappa shape index (κ2) is 5.49. The Morgan fingerprint density at radius 3 is 2.50 bits per heavy atom. The number of rotatable bonds is 2. The van der Waals surface area contributed by atoms with E-state index in [0.717, 1.165) is 24.7 Å². The van der Waals surface area contributed by atoms with Crippen LogP contribution < -0.4 is 56.1 Å². The minimum Gasteiger partial charge on any atom is -0.513 e. The maximum Gasteiger partial charge on any atom is 1.00 e. The molecule has 80 valence electrons. The zero-order valence-corrected chi connectivity index (χ0v) is 12.7. The summed E-state index contributed by atoms with van der Waals surface area (Å²) in [6.07, 6.45) is 5.18. The van der Waals surface area contributed by atoms with Gasteiger partial charge in [0, 0.05) is 11.6 Å². The molecule has 0 N–H and O–H groups in total. The average molecular weight is 244 g/mol. The molecule has 0 atom stereocenters. The Morgan fingerprint density at radius 2 is 1.88 bits per heavy atom. The molecule has 3 heteroatoms. The van der Waals surface area contributed by atoms with E-state index in [1.54, 1.807) is 12.1 Å². The second-order valence-electron chi connectivity index (χ2n) is 4.77. The van der Waals surface area contributed by atoms with Crippen LogP contribution in [0.3, 0.4) is 0 Å². The van der Waals surface area contributed by atoms with Gasteiger partial charge in [-0.1, -0.05) is 0 Å². The number of hydrogen-bond donors (Lipinski definition) is 0. The molecule has 3 aliphatic rings. The molecule has 2 bridgehead atoms. The summed E-state index contributed by atoms with van der Waals surface area (Å²) in [5.41, 5.74) is 0. The van der Waals surface area contributed by atoms with Gasteiger partial charge >= 0.3 is 51.4 Å². The number of benzene rings is 1. The summed E-state index contributed by atoms with van der Waals surface area (Å²) in [7, 11) is 0. The van der Waals surface area contributed by atoms with Gasteiger partial charge in [0.25, 0.3) is 0 Å². The van der Waals surface area contributed by atoms with E-state index in [0.29, 0.717) is 5.75 Å². The molecule has 16 heavy (non-hydrogen) atoms. The summed E-state index contributed by atoms with van der Waals surface area (Å²) in [6.45, 7) is 0. The Labute approximate surface area is 138 Å². The quantitative estimate of drug-likeness (QED) is 0.533. The third-order valence-corrected chi connectivity index (χ3v) is 3.60. The van der Waals surface area contributed by atoms with Crippen molar-refractivity contribution in [3.8, 4) is 5.75 Å². The van der Waals surface area contributed by atoms with Crippen molar-refractivity contribution in [2.24, 2.45) is 11.8 Å². The van der Waals surface area contributed by atoms with Crippen LogP contribution in [0, 0.1) is 23.7 Å². The van der Waals surface area contributed by atoms with Crippen LogP contribution in [0.5, 0.6) is 5.75 Å². The Balaban J connectivity index is 0.000000963. The Hall–Kier alpha value is 0.586. The van der Waals surface area contributed by atoms with Crippen LogP contribution in [-0.2, 0) is 0 Å². The van der Waals surface area contributed by atoms with Gasteiger partial charge in [0.2, 0.25) is 0 Å². The topological polar surface area (TPSA) is 9.23 Å². The molecular weight excluding hydrogens is 230 g/mol. The van der Waals surface area contributed by atoms with E-state index in [1.165, 1.54) is 18.9 Å². The van der Waals surface area contributed by atoms with Crippen molar-refractivity contribution in [3.05, 3.63) is 30.1 Å². The monoisotopic (exact) mass is 244 g/mol. The van der Waals surface area contributed by atoms with Crippen molar-refractivity contribution in [1.82, 2.24) is 0 Å². The molecule has 0 spiro atoms. The van der Waals surface area contributed by atoms with Crippen LogP contribution in [0.25, 0.3) is 0 Å². The Kier molecular flexibility index (Phi) is 4.47. The number of hydrogen-bond acceptors (Lipinski definition) is 1. The zero-order valence-electron chi connectivity index (χ0n) is 9.58. The third-order valence-electron chi connectivity index (χ3n) is 3.60. The van der Waals surface area contributed by atoms with Gasteiger partial charge in [-0.3, -0.25) is 4.39 Å². The SMILES string of the molecule is Fc1c[c-]ccc1OC1CC2CC(C2)C1.[K+]. The zero-order chi connectivity index (χ0) is 10.3. The van der Waals surface area contributed by atoms with Crippen LogP contribution in [-0.4, -0.2) is 6.10 Å². The van der Waals surface area contributed by atoms with Crippen LogP contribution in [0.4, 0.5) is 4.39 Å². The first-order valence-corrected chi connectivity index (χ1v) is 5.63. The van der Waals surface area contributed by atoms with Crippen molar-refractivity contribution in [1.29, 1.82) is 0 Å². The van der Waals surface area contributed by atoms with Crippen molar-refractivity contribution in [3.63, 3.8) is 0 Å². The summed E-state index contributed by atoms with van der Waals surface area (Å²) in [5.74, 6) is 1.77. The minimum atomic E-state index is -0.295. The molecule has 0 unspecified atom stereocenters. The molecule has 0 heterocycles. The van der Waals surface area contributed by atoms with Gasteiger partial charge in [-0.15, -0.1) is 12.1 Å². The van der Waals surface area contributed by atoms with Crippen LogP contribution in [0.15, 0.2) is 18.2 Å². The van der Waals surface area contributed by atoms with Gasteiger partial charge < -0.3 is 4.74 Å². The van der Waals surface area contributed by atoms with E-state index in [-0.39, 0.29) is 63.3 Å². The first kappa shape index (κ1) is 13.0. The molecule has 3 aliphatic carbocycles. The average Bonchev–Trinajstić information content (AvgIpc) is 2.21. The summed E-state index contributed by atoms with van der Waals surface area (Å²) in [4.78, 5) is 0. The van der Waals surface area contributed by atoms with Gasteiger partial charge in [-0.05, 0) is 37.5 Å². The van der Waals surface area contributed by atoms with E-state index in [4.69, 9.17) is 4.74 Å². The van der Waals surface area contributed by atoms with E-state index in [2.05, 4.69) is 6.07 Å². The molecule has 1 nitrogen and oxygen atoms in total. The summed E-state index contributed by atoms with van der Waals surface area (Å²) >= 11 is 0. The molecule has 3 saturated carbocycles. The van der Waals surface area contributed by atoms with Gasteiger partial charge in [-0.25, -0.2) is 0 Å². The molecule has 4 rings (SSSR count). The predicted octanol–water partition coefficient (Wildman–Crippen LogP) is 0.197. The Morgan fingerprint density at radius 1 is 1.19 bits per heavy atom. The first-order chi connectivity index (χ1) is 7.31. The molecular formula is C13H14FKO. The fourth-order valence-electron chi connectivity index (χ4n) is 2.87. The Bertz CT molecular complexity index is 353. The van der Waals surface area contributed by atoms with Crippen molar-refractivity contribution < 1.29 is 60.5 Å². The summed E-state index contributed by atoms with van der Waals surface area (Å²) < 4.78 is 19.0. The summed E-state index contributed by atoms with van der Waals surface area (Å²) in [5, 5.41) is 0. The minimum absolute atomic E-state index is 0. The smallest absolute Gasteiger partial charge is 0.513 e. The van der Waals surface area contributed by atoms with Crippen molar-refractivity contribution >= 4 is 0 Å². The maximum absolute atomic E-state index is 13.3. The fraction of sp³-hybridized carbons (Fsp3) is 0.538. The number of fused-ring (bicyclic) bond motifs is 2. The number of halogens is 1. The van der Waals surface area contributed by atoms with E-state index in [1.807, 2.05) is 0 Å². The molecule has 0 amide bonds. The normalized spacial score (nSPS) is 31.2. The molecule has 0 aromatic heterocycles. The van der Waals surface area contributed by atoms with Crippen LogP contribution >= 0.6 is 0 Å². The predicted molar refractivity (Wildman–Crippen MR) is 55.1 cm³/mol. The van der Waals surface area contributed by atoms with Gasteiger partial charge in [0.05, 0.1) is 6.10 Å². The molecule has 3 fully saturated rings. The van der Waals surface area contributed by atoms with E-state index in [9.17, 15) is 4.39 Å². The van der Waals surface area contributed by atoms with Crippen molar-refractivity contribution in [2.45, 2.75) is 31.8 Å². The molecule has 1 aromatic carbocycles. The fourth-order valence-corrected chi connectivity index (χ4v) is 2.87. The largest absolute Gasteiger partial charge is 1.00 e. The third kappa shape index (κ3) is 2.70.